The van der Waals surface area contributed by atoms with E-state index in [0.717, 1.165) is 0 Å². The summed E-state index contributed by atoms with van der Waals surface area (Å²) in [6.45, 7) is 0. The van der Waals surface area contributed by atoms with Crippen LogP contribution in [0.1, 0.15) is 71.9 Å². The van der Waals surface area contributed by atoms with Gasteiger partial charge in [0.15, 0.2) is 22.8 Å². The van der Waals surface area contributed by atoms with Crippen LogP contribution >= 0.6 is 0 Å². The summed E-state index contributed by atoms with van der Waals surface area (Å²) >= 11 is 0. The lowest BCUT2D eigenvalue weighted by Gasteiger charge is -2.50. The van der Waals surface area contributed by atoms with Crippen molar-refractivity contribution in [1.29, 1.82) is 0 Å². The van der Waals surface area contributed by atoms with Crippen LogP contribution in [0.5, 0.6) is 11.5 Å². The summed E-state index contributed by atoms with van der Waals surface area (Å²) in [6.07, 6.45) is 6.31. The van der Waals surface area contributed by atoms with Crippen molar-refractivity contribution < 1.29 is 69.6 Å². The van der Waals surface area contributed by atoms with Gasteiger partial charge in [0.1, 0.15) is 45.7 Å². The van der Waals surface area contributed by atoms with Crippen molar-refractivity contribution >= 4 is 52.5 Å². The van der Waals surface area contributed by atoms with E-state index in [0.29, 0.717) is 47.9 Å². The predicted octanol–water partition coefficient (Wildman–Crippen LogP) is 1.87. The molecule has 2 aromatic carbocycles. The number of benzene rings is 2. The molecule has 2 aromatic rings. The number of rotatable bonds is 9. The Morgan fingerprint density at radius 3 is 1.62 bits per heavy atom. The van der Waals surface area contributed by atoms with E-state index in [1.807, 2.05) is 12.2 Å². The van der Waals surface area contributed by atoms with Crippen LogP contribution < -0.4 is 11.5 Å². The zero-order chi connectivity index (χ0) is 49.6. The molecule has 0 bridgehead atoms. The number of nitrogens with two attached hydrogens (primary N) is 2. The van der Waals surface area contributed by atoms with Gasteiger partial charge in [0.25, 0.3) is 11.8 Å². The summed E-state index contributed by atoms with van der Waals surface area (Å²) in [4.78, 5) is 82.5. The number of aromatic hydroxyl groups is 2. The molecule has 0 aliphatic heterocycles. The molecule has 0 heterocycles. The minimum absolute atomic E-state index is 0.0103. The normalized spacial score (nSPS) is 28.8. The van der Waals surface area contributed by atoms with E-state index in [9.17, 15) is 69.6 Å². The molecule has 356 valence electrons. The van der Waals surface area contributed by atoms with Crippen molar-refractivity contribution in [3.63, 3.8) is 0 Å². The molecule has 18 heteroatoms. The Kier molecular flexibility index (Phi) is 11.8. The summed E-state index contributed by atoms with van der Waals surface area (Å²) in [5.74, 6) is -8.28. The largest absolute Gasteiger partial charge is 0.508 e. The Morgan fingerprint density at radius 2 is 1.15 bits per heavy atom. The average molecular weight is 933 g/mol. The molecule has 8 rings (SSSR count). The topological polar surface area (TPSA) is 323 Å². The number of aliphatic hydroxyl groups excluding tert-OH is 4. The van der Waals surface area contributed by atoms with Gasteiger partial charge < -0.3 is 52.3 Å². The van der Waals surface area contributed by atoms with E-state index >= 15 is 0 Å². The molecule has 68 heavy (non-hydrogen) atoms. The molecule has 12 N–H and O–H groups in total. The Bertz CT molecular complexity index is 2890. The van der Waals surface area contributed by atoms with Gasteiger partial charge in [-0.1, -0.05) is 30.1 Å². The highest BCUT2D eigenvalue weighted by atomic mass is 16.4. The molecule has 0 unspecified atom stereocenters. The van der Waals surface area contributed by atoms with Gasteiger partial charge in [-0.05, 0) is 120 Å². The number of hydrogen-bond acceptors (Lipinski definition) is 16. The molecule has 18 nitrogen and oxygen atoms in total. The van der Waals surface area contributed by atoms with Gasteiger partial charge in [-0.3, -0.25) is 38.6 Å². The number of allylic oxidation sites excluding steroid dienone is 1. The van der Waals surface area contributed by atoms with Crippen LogP contribution in [0, 0.1) is 35.5 Å². The van der Waals surface area contributed by atoms with Crippen molar-refractivity contribution in [3.05, 3.63) is 97.5 Å². The van der Waals surface area contributed by atoms with Crippen LogP contribution in [0.2, 0.25) is 0 Å². The fraction of sp³-hybridized carbons (Fsp3) is 0.400. The van der Waals surface area contributed by atoms with Gasteiger partial charge in [0, 0.05) is 35.0 Å². The first kappa shape index (κ1) is 47.5. The number of primary amides is 2. The van der Waals surface area contributed by atoms with E-state index in [1.54, 1.807) is 12.1 Å². The number of unbranched alkanes of at least 4 members (excludes halogenated alkanes) is 3. The number of likely N-dealkylation sites (N-methyl/N-ethyl adjacent to an activating group) is 2. The fourth-order valence-corrected chi connectivity index (χ4v) is 11.6. The number of phenols is 2. The Hall–Kier alpha value is -7.04. The summed E-state index contributed by atoms with van der Waals surface area (Å²) < 4.78 is 0. The lowest BCUT2D eigenvalue weighted by Crippen LogP contribution is -2.65. The van der Waals surface area contributed by atoms with Crippen molar-refractivity contribution in [2.75, 3.05) is 28.2 Å². The van der Waals surface area contributed by atoms with Crippen LogP contribution in [0.3, 0.4) is 0 Å². The van der Waals surface area contributed by atoms with Crippen LogP contribution in [0.4, 0.5) is 0 Å². The van der Waals surface area contributed by atoms with E-state index in [4.69, 9.17) is 11.5 Å². The van der Waals surface area contributed by atoms with Crippen LogP contribution in [-0.4, -0.2) is 137 Å². The molecule has 2 amide bonds. The number of phenolic OH excluding ortho intramolecular Hbond substituents is 2. The lowest BCUT2D eigenvalue weighted by atomic mass is 9.57. The minimum Gasteiger partial charge on any atom is -0.508 e. The second-order valence-electron chi connectivity index (χ2n) is 18.9. The van der Waals surface area contributed by atoms with Crippen LogP contribution in [-0.2, 0) is 41.6 Å². The van der Waals surface area contributed by atoms with Gasteiger partial charge in [-0.2, -0.15) is 0 Å². The Labute approximate surface area is 389 Å². The van der Waals surface area contributed by atoms with E-state index in [1.165, 1.54) is 50.1 Å². The number of carbonyl (C=O) groups is 6. The third-order valence-corrected chi connectivity index (χ3v) is 14.7. The number of nitrogens with zero attached hydrogens (tertiary/aromatic N) is 2. The quantitative estimate of drug-likeness (QED) is 0.0975. The lowest BCUT2D eigenvalue weighted by molar-refractivity contribution is -0.155. The van der Waals surface area contributed by atoms with Crippen molar-refractivity contribution in [1.82, 2.24) is 9.80 Å². The molecule has 0 spiro atoms. The summed E-state index contributed by atoms with van der Waals surface area (Å²) in [5.41, 5.74) is 5.14. The maximum absolute atomic E-state index is 14.1. The third kappa shape index (κ3) is 6.86. The number of carbonyl (C=O) groups excluding carboxylic acids is 6. The van der Waals surface area contributed by atoms with Crippen LogP contribution in [0.25, 0.3) is 17.6 Å². The molecule has 0 aromatic heterocycles. The molecule has 8 atom stereocenters. The SMILES string of the molecule is CN(C)[C@@H]1C(=O)C(C(N)=O)=C(O)[C@@]2(O)C(=O)C3=C(O)c4c(O)ccc(C#CCCCCC=Cc5ccc(O)c6c5C[C@H]5C[C@H]7[C@H](N(C)C)C(=O)C(C(N)=O)=C(O)[C@@]7(O)C(=O)C5=C6O)c4C[C@H]3C[C@@H]12. The minimum atomic E-state index is -2.74. The number of hydrogen-bond donors (Lipinski definition) is 10. The number of Topliss-reactive ketones (excluding diaryl/α,β-unsaturated/α-hetero) is 4. The molecular weight excluding hydrogens is 881 g/mol. The van der Waals surface area contributed by atoms with E-state index < -0.39 is 116 Å². The average Bonchev–Trinajstić information content (AvgIpc) is 3.25. The zero-order valence-electron chi connectivity index (χ0n) is 37.7. The predicted molar refractivity (Wildman–Crippen MR) is 243 cm³/mol. The van der Waals surface area contributed by atoms with Gasteiger partial charge >= 0.3 is 0 Å². The molecule has 6 aliphatic carbocycles. The monoisotopic (exact) mass is 932 g/mol. The Morgan fingerprint density at radius 1 is 0.691 bits per heavy atom. The highest BCUT2D eigenvalue weighted by molar-refractivity contribution is 6.25. The van der Waals surface area contributed by atoms with Gasteiger partial charge in [0.2, 0.25) is 11.6 Å². The highest BCUT2D eigenvalue weighted by Gasteiger charge is 2.66. The van der Waals surface area contributed by atoms with Gasteiger partial charge in [-0.25, -0.2) is 0 Å². The third-order valence-electron chi connectivity index (χ3n) is 14.7. The number of aliphatic hydroxyl groups is 6. The first-order valence-corrected chi connectivity index (χ1v) is 22.2. The Balaban J connectivity index is 0.981. The van der Waals surface area contributed by atoms with Crippen molar-refractivity contribution in [3.8, 4) is 23.3 Å². The fourth-order valence-electron chi connectivity index (χ4n) is 11.6. The van der Waals surface area contributed by atoms with E-state index in [2.05, 4.69) is 11.8 Å². The summed E-state index contributed by atoms with van der Waals surface area (Å²) in [6, 6.07) is 3.55. The standard InChI is InChI=1S/C50H52N4O14/c1-53(2)37-27-19-23-17-25-21(13-15-29(55)33(25)39(57)31(23)43(61)49(27,67)45(63)35(41(37)59)47(51)65)11-9-7-5-6-8-10-12-22-14-16-30(56)34-26(22)18-24-20-28-38(54(3)4)42(60)36(48(52)66)46(64)50(28,68)44(62)32(24)40(34)58/h9,11,13-16,23-24,27-28,37-38,55-58,63-64,67-68H,5-8,17-20H2,1-4H3,(H2,51,65)(H2,52,66)/t23-,24-,27-,28-,37-,38-,49-,50-/m0/s1. The van der Waals surface area contributed by atoms with Gasteiger partial charge in [-0.15, -0.1) is 0 Å². The molecule has 2 fully saturated rings. The number of fused-ring (bicyclic) bond motifs is 6. The zero-order valence-corrected chi connectivity index (χ0v) is 37.7. The van der Waals surface area contributed by atoms with Gasteiger partial charge in [0.05, 0.1) is 23.2 Å². The second kappa shape index (κ2) is 16.9. The second-order valence-corrected chi connectivity index (χ2v) is 18.9. The molecule has 0 saturated heterocycles. The maximum Gasteiger partial charge on any atom is 0.255 e. The molecule has 2 saturated carbocycles. The van der Waals surface area contributed by atoms with Crippen molar-refractivity contribution in [2.24, 2.45) is 35.1 Å². The maximum atomic E-state index is 14.1. The highest BCUT2D eigenvalue weighted by Crippen LogP contribution is 2.55. The first-order chi connectivity index (χ1) is 32.0. The smallest absolute Gasteiger partial charge is 0.255 e. The number of amides is 2. The summed E-state index contributed by atoms with van der Waals surface area (Å²) in [7, 11) is 6.12. The molecular formula is C50H52N4O14. The number of ketones is 4. The van der Waals surface area contributed by atoms with Crippen molar-refractivity contribution in [2.45, 2.75) is 74.7 Å². The van der Waals surface area contributed by atoms with Crippen LogP contribution in [0.15, 0.2) is 64.2 Å². The molecule has 6 aliphatic rings. The van der Waals surface area contributed by atoms with E-state index in [-0.39, 0.29) is 59.5 Å². The summed E-state index contributed by atoms with van der Waals surface area (Å²) in [5, 5.41) is 90.8. The molecule has 0 radical (unpaired) electrons. The first-order valence-electron chi connectivity index (χ1n) is 22.2.